The van der Waals surface area contributed by atoms with E-state index in [1.807, 2.05) is 18.2 Å². The number of thiophene rings is 1. The average Bonchev–Trinajstić information content (AvgIpc) is 3.03. The third-order valence-electron chi connectivity index (χ3n) is 2.92. The van der Waals surface area contributed by atoms with Crippen LogP contribution < -0.4 is 4.90 Å². The van der Waals surface area contributed by atoms with E-state index in [1.165, 1.54) is 18.4 Å². The minimum Gasteiger partial charge on any atom is -0.349 e. The van der Waals surface area contributed by atoms with Crippen LogP contribution in [-0.2, 0) is 6.54 Å². The van der Waals surface area contributed by atoms with Crippen molar-refractivity contribution in [3.8, 4) is 0 Å². The van der Waals surface area contributed by atoms with Crippen LogP contribution in [0.3, 0.4) is 0 Å². The van der Waals surface area contributed by atoms with Gasteiger partial charge in [-0.25, -0.2) is 4.98 Å². The number of rotatable bonds is 4. The molecule has 0 amide bonds. The molecule has 0 atom stereocenters. The van der Waals surface area contributed by atoms with Crippen LogP contribution in [-0.4, -0.2) is 11.0 Å². The second-order valence-electron chi connectivity index (χ2n) is 4.31. The summed E-state index contributed by atoms with van der Waals surface area (Å²) in [5.41, 5.74) is 1.35. The number of anilines is 1. The first-order valence-corrected chi connectivity index (χ1v) is 7.05. The first kappa shape index (κ1) is 11.1. The molecule has 2 aromatic heterocycles. The van der Waals surface area contributed by atoms with Gasteiger partial charge in [-0.2, -0.15) is 11.3 Å². The van der Waals surface area contributed by atoms with Crippen molar-refractivity contribution in [2.75, 3.05) is 4.90 Å². The van der Waals surface area contributed by atoms with Gasteiger partial charge in [0.05, 0.1) is 0 Å². The van der Waals surface area contributed by atoms with Crippen LogP contribution in [0.15, 0.2) is 35.0 Å². The van der Waals surface area contributed by atoms with Crippen LogP contribution >= 0.6 is 22.9 Å². The highest BCUT2D eigenvalue weighted by atomic mass is 35.5. The van der Waals surface area contributed by atoms with Crippen molar-refractivity contribution in [3.05, 3.63) is 45.7 Å². The van der Waals surface area contributed by atoms with Crippen LogP contribution in [0.2, 0.25) is 5.15 Å². The lowest BCUT2D eigenvalue weighted by Gasteiger charge is -2.23. The van der Waals surface area contributed by atoms with Gasteiger partial charge in [0.2, 0.25) is 0 Å². The summed E-state index contributed by atoms with van der Waals surface area (Å²) < 4.78 is 0. The van der Waals surface area contributed by atoms with Gasteiger partial charge < -0.3 is 4.90 Å². The Kier molecular flexibility index (Phi) is 3.04. The Morgan fingerprint density at radius 3 is 2.88 bits per heavy atom. The van der Waals surface area contributed by atoms with E-state index in [0.29, 0.717) is 11.2 Å². The smallest absolute Gasteiger partial charge is 0.131 e. The molecule has 0 aliphatic heterocycles. The molecule has 1 aliphatic carbocycles. The van der Waals surface area contributed by atoms with Gasteiger partial charge in [0.15, 0.2) is 0 Å². The Bertz CT molecular complexity index is 494. The predicted octanol–water partition coefficient (Wildman–Crippen LogP) is 3.97. The summed E-state index contributed by atoms with van der Waals surface area (Å²) in [4.78, 5) is 6.77. The Labute approximate surface area is 110 Å². The van der Waals surface area contributed by atoms with E-state index in [2.05, 4.69) is 26.7 Å². The first-order valence-electron chi connectivity index (χ1n) is 5.73. The molecular weight excluding hydrogens is 252 g/mol. The standard InChI is InChI=1S/C13H13ClN2S/c14-12-2-1-3-13(15-12)16(11-4-5-11)8-10-6-7-17-9-10/h1-3,6-7,9,11H,4-5,8H2. The molecule has 2 nitrogen and oxygen atoms in total. The van der Waals surface area contributed by atoms with Crippen LogP contribution in [0.5, 0.6) is 0 Å². The molecule has 1 fully saturated rings. The summed E-state index contributed by atoms with van der Waals surface area (Å²) in [6.45, 7) is 0.932. The van der Waals surface area contributed by atoms with Gasteiger partial charge in [-0.3, -0.25) is 0 Å². The van der Waals surface area contributed by atoms with Gasteiger partial charge in [0.1, 0.15) is 11.0 Å². The number of hydrogen-bond acceptors (Lipinski definition) is 3. The second kappa shape index (κ2) is 4.67. The van der Waals surface area contributed by atoms with Crippen LogP contribution in [0.4, 0.5) is 5.82 Å². The van der Waals surface area contributed by atoms with Crippen LogP contribution in [0.25, 0.3) is 0 Å². The molecule has 2 heterocycles. The molecule has 2 aromatic rings. The highest BCUT2D eigenvalue weighted by molar-refractivity contribution is 7.07. The monoisotopic (exact) mass is 264 g/mol. The summed E-state index contributed by atoms with van der Waals surface area (Å²) in [6, 6.07) is 8.64. The van der Waals surface area contributed by atoms with Crippen molar-refractivity contribution in [2.45, 2.75) is 25.4 Å². The lowest BCUT2D eigenvalue weighted by Crippen LogP contribution is -2.25. The predicted molar refractivity (Wildman–Crippen MR) is 72.8 cm³/mol. The quantitative estimate of drug-likeness (QED) is 0.777. The highest BCUT2D eigenvalue weighted by Crippen LogP contribution is 2.32. The zero-order valence-electron chi connectivity index (χ0n) is 9.34. The van der Waals surface area contributed by atoms with E-state index in [9.17, 15) is 0 Å². The van der Waals surface area contributed by atoms with Crippen LogP contribution in [0.1, 0.15) is 18.4 Å². The van der Waals surface area contributed by atoms with Gasteiger partial charge in [0, 0.05) is 12.6 Å². The van der Waals surface area contributed by atoms with Gasteiger partial charge in [-0.1, -0.05) is 17.7 Å². The number of pyridine rings is 1. The van der Waals surface area contributed by atoms with Gasteiger partial charge in [-0.05, 0) is 47.4 Å². The Morgan fingerprint density at radius 1 is 1.35 bits per heavy atom. The number of nitrogens with zero attached hydrogens (tertiary/aromatic N) is 2. The SMILES string of the molecule is Clc1cccc(N(Cc2ccsc2)C2CC2)n1. The Balaban J connectivity index is 1.85. The zero-order chi connectivity index (χ0) is 11.7. The fraction of sp³-hybridized carbons (Fsp3) is 0.308. The molecule has 1 saturated carbocycles. The van der Waals surface area contributed by atoms with Crippen molar-refractivity contribution in [1.82, 2.24) is 4.98 Å². The van der Waals surface area contributed by atoms with Gasteiger partial charge >= 0.3 is 0 Å². The first-order chi connectivity index (χ1) is 8.33. The van der Waals surface area contributed by atoms with Gasteiger partial charge in [0.25, 0.3) is 0 Å². The second-order valence-corrected chi connectivity index (χ2v) is 5.48. The third kappa shape index (κ3) is 2.61. The van der Waals surface area contributed by atoms with E-state index in [-0.39, 0.29) is 0 Å². The molecule has 0 aromatic carbocycles. The topological polar surface area (TPSA) is 16.1 Å². The average molecular weight is 265 g/mol. The molecule has 0 N–H and O–H groups in total. The van der Waals surface area contributed by atoms with Crippen molar-refractivity contribution in [1.29, 1.82) is 0 Å². The molecule has 1 aliphatic rings. The lowest BCUT2D eigenvalue weighted by atomic mass is 10.3. The molecule has 0 spiro atoms. The largest absolute Gasteiger partial charge is 0.349 e. The van der Waals surface area contributed by atoms with Crippen molar-refractivity contribution in [2.24, 2.45) is 0 Å². The van der Waals surface area contributed by atoms with E-state index < -0.39 is 0 Å². The third-order valence-corrected chi connectivity index (χ3v) is 3.86. The molecule has 88 valence electrons. The van der Waals surface area contributed by atoms with Gasteiger partial charge in [-0.15, -0.1) is 0 Å². The van der Waals surface area contributed by atoms with Crippen molar-refractivity contribution >= 4 is 28.8 Å². The highest BCUT2D eigenvalue weighted by Gasteiger charge is 2.30. The molecule has 0 unspecified atom stereocenters. The fourth-order valence-corrected chi connectivity index (χ4v) is 2.74. The lowest BCUT2D eigenvalue weighted by molar-refractivity contribution is 0.780. The molecule has 0 saturated heterocycles. The molecule has 17 heavy (non-hydrogen) atoms. The molecular formula is C13H13ClN2S. The summed E-state index contributed by atoms with van der Waals surface area (Å²) >= 11 is 7.70. The zero-order valence-corrected chi connectivity index (χ0v) is 10.9. The van der Waals surface area contributed by atoms with E-state index in [4.69, 9.17) is 11.6 Å². The Hall–Kier alpha value is -1.06. The number of halogens is 1. The van der Waals surface area contributed by atoms with E-state index in [1.54, 1.807) is 11.3 Å². The normalized spacial score (nSPS) is 14.9. The molecule has 0 bridgehead atoms. The minimum atomic E-state index is 0.568. The fourth-order valence-electron chi connectivity index (χ4n) is 1.92. The molecule has 4 heteroatoms. The maximum absolute atomic E-state index is 5.96. The number of aromatic nitrogens is 1. The number of hydrogen-bond donors (Lipinski definition) is 0. The summed E-state index contributed by atoms with van der Waals surface area (Å²) in [7, 11) is 0. The molecule has 3 rings (SSSR count). The summed E-state index contributed by atoms with van der Waals surface area (Å²) in [5, 5.41) is 4.88. The van der Waals surface area contributed by atoms with E-state index in [0.717, 1.165) is 12.4 Å². The van der Waals surface area contributed by atoms with E-state index >= 15 is 0 Å². The summed E-state index contributed by atoms with van der Waals surface area (Å²) in [6.07, 6.45) is 2.52. The maximum Gasteiger partial charge on any atom is 0.131 e. The maximum atomic E-state index is 5.96. The van der Waals surface area contributed by atoms with Crippen LogP contribution in [0, 0.1) is 0 Å². The minimum absolute atomic E-state index is 0.568. The Morgan fingerprint density at radius 2 is 2.24 bits per heavy atom. The molecule has 0 radical (unpaired) electrons. The van der Waals surface area contributed by atoms with Crippen molar-refractivity contribution in [3.63, 3.8) is 0 Å². The summed E-state index contributed by atoms with van der Waals surface area (Å²) in [5.74, 6) is 0.992. The van der Waals surface area contributed by atoms with Crippen molar-refractivity contribution < 1.29 is 0 Å².